The fourth-order valence-corrected chi connectivity index (χ4v) is 8.33. The molecule has 0 radical (unpaired) electrons. The number of hydrazone groups is 1. The molecule has 2 aliphatic heterocycles. The Hall–Kier alpha value is -2.82. The van der Waals surface area contributed by atoms with Crippen LogP contribution in [0.15, 0.2) is 34.4 Å². The molecule has 2 saturated carbocycles. The monoisotopic (exact) mass is 649 g/mol. The fraction of sp³-hybridized carbons (Fsp3) is 0.730. The summed E-state index contributed by atoms with van der Waals surface area (Å²) in [4.78, 5) is 34.8. The lowest BCUT2D eigenvalue weighted by atomic mass is 9.64. The summed E-state index contributed by atoms with van der Waals surface area (Å²) in [6, 6.07) is 7.70. The van der Waals surface area contributed by atoms with Crippen LogP contribution >= 0.6 is 0 Å². The van der Waals surface area contributed by atoms with E-state index in [0.29, 0.717) is 42.3 Å². The summed E-state index contributed by atoms with van der Waals surface area (Å²) in [5.41, 5.74) is 8.74. The maximum absolute atomic E-state index is 13.3. The molecule has 5 rings (SSSR count). The number of nitrogens with two attached hydrogens (primary N) is 1. The van der Waals surface area contributed by atoms with Crippen molar-refractivity contribution < 1.29 is 14.7 Å². The van der Waals surface area contributed by atoms with Gasteiger partial charge in [0.2, 0.25) is 5.91 Å². The summed E-state index contributed by atoms with van der Waals surface area (Å²) >= 11 is 0. The Labute approximate surface area is 282 Å². The van der Waals surface area contributed by atoms with E-state index in [0.717, 1.165) is 31.5 Å². The van der Waals surface area contributed by atoms with Gasteiger partial charge in [-0.2, -0.15) is 5.10 Å². The van der Waals surface area contributed by atoms with Gasteiger partial charge in [-0.25, -0.2) is 5.43 Å². The number of rotatable bonds is 11. The van der Waals surface area contributed by atoms with Crippen molar-refractivity contribution in [1.82, 2.24) is 20.7 Å². The number of nitrogens with one attached hydrogen (secondary N) is 2. The van der Waals surface area contributed by atoms with E-state index in [-0.39, 0.29) is 23.1 Å². The lowest BCUT2D eigenvalue weighted by Gasteiger charge is -2.54. The molecule has 0 bridgehead atoms. The third-order valence-corrected chi connectivity index (χ3v) is 11.2. The molecule has 0 aromatic heterocycles. The second-order valence-corrected chi connectivity index (χ2v) is 16.0. The maximum Gasteiger partial charge on any atom is 0.265 e. The van der Waals surface area contributed by atoms with Gasteiger partial charge in [-0.3, -0.25) is 20.0 Å². The summed E-state index contributed by atoms with van der Waals surface area (Å²) in [6.45, 7) is 13.5. The van der Waals surface area contributed by atoms with Crippen molar-refractivity contribution in [1.29, 1.82) is 0 Å². The summed E-state index contributed by atoms with van der Waals surface area (Å²) < 4.78 is 0. The van der Waals surface area contributed by atoms with Gasteiger partial charge >= 0.3 is 0 Å². The van der Waals surface area contributed by atoms with Crippen molar-refractivity contribution in [2.24, 2.45) is 38.6 Å². The van der Waals surface area contributed by atoms with Crippen molar-refractivity contribution in [2.45, 2.75) is 110 Å². The second kappa shape index (κ2) is 15.6. The highest BCUT2D eigenvalue weighted by Crippen LogP contribution is 2.49. The number of hydrogen-bond donors (Lipinski definition) is 4. The average Bonchev–Trinajstić information content (AvgIpc) is 3.49. The van der Waals surface area contributed by atoms with Gasteiger partial charge in [0.25, 0.3) is 5.91 Å². The Morgan fingerprint density at radius 2 is 1.74 bits per heavy atom. The Kier molecular flexibility index (Phi) is 11.8. The Bertz CT molecular complexity index is 1250. The summed E-state index contributed by atoms with van der Waals surface area (Å²) in [5, 5.41) is 14.1. The number of aliphatic hydroxyl groups excluding tert-OH is 1. The first-order valence-corrected chi connectivity index (χ1v) is 18.1. The summed E-state index contributed by atoms with van der Waals surface area (Å²) in [6.07, 6.45) is 12.4. The van der Waals surface area contributed by atoms with Gasteiger partial charge in [0.1, 0.15) is 6.04 Å². The zero-order valence-electron chi connectivity index (χ0n) is 29.2. The second-order valence-electron chi connectivity index (χ2n) is 16.0. The molecule has 2 atom stereocenters. The molecule has 2 saturated heterocycles. The number of hydrogen-bond acceptors (Lipinski definition) is 8. The van der Waals surface area contributed by atoms with Crippen LogP contribution in [0.3, 0.4) is 0 Å². The number of carbonyl (C=O) groups excluding carboxylic acids is 2. The van der Waals surface area contributed by atoms with Crippen molar-refractivity contribution in [3.8, 4) is 0 Å². The molecule has 4 aliphatic rings. The minimum atomic E-state index is -0.527. The molecule has 2 unspecified atom stereocenters. The van der Waals surface area contributed by atoms with Gasteiger partial charge in [0.05, 0.1) is 11.8 Å². The van der Waals surface area contributed by atoms with Crippen LogP contribution in [-0.4, -0.2) is 90.1 Å². The van der Waals surface area contributed by atoms with E-state index in [9.17, 15) is 14.7 Å². The predicted octanol–water partition coefficient (Wildman–Crippen LogP) is 4.49. The van der Waals surface area contributed by atoms with E-state index in [1.54, 1.807) is 11.1 Å². The van der Waals surface area contributed by atoms with Gasteiger partial charge in [0.15, 0.2) is 0 Å². The first kappa shape index (κ1) is 35.5. The third-order valence-electron chi connectivity index (χ3n) is 11.2. The number of aliphatic hydroxyl groups is 1. The van der Waals surface area contributed by atoms with E-state index in [4.69, 9.17) is 10.8 Å². The molecule has 1 spiro atoms. The minimum Gasteiger partial charge on any atom is -0.391 e. The number of amides is 2. The number of β-amino-alcohol motifs (C(OH)–C–C–N with tert-alkyl or cyclic N) is 1. The number of hydrazine groups is 1. The lowest BCUT2D eigenvalue weighted by Crippen LogP contribution is -2.58. The van der Waals surface area contributed by atoms with Gasteiger partial charge in [0, 0.05) is 57.0 Å². The Morgan fingerprint density at radius 3 is 2.32 bits per heavy atom. The molecule has 2 aliphatic carbocycles. The van der Waals surface area contributed by atoms with Gasteiger partial charge < -0.3 is 20.7 Å². The van der Waals surface area contributed by atoms with Crippen molar-refractivity contribution in [3.05, 3.63) is 35.4 Å². The molecular formula is C37H59N7O3. The van der Waals surface area contributed by atoms with Crippen LogP contribution in [0.2, 0.25) is 0 Å². The SMILES string of the molecule is CCCNNC(=O)c1ccc(C2CCC3(CC2)CN(CC2CCC(/C(C=NC(C(=O)N4CCC(O)C4)C(C)(C)C)=N/N)CC2)C3)cc1. The van der Waals surface area contributed by atoms with E-state index in [1.165, 1.54) is 63.7 Å². The Morgan fingerprint density at radius 1 is 1.06 bits per heavy atom. The molecule has 10 heteroatoms. The number of benzene rings is 1. The average molecular weight is 650 g/mol. The highest BCUT2D eigenvalue weighted by atomic mass is 16.3. The van der Waals surface area contributed by atoms with E-state index >= 15 is 0 Å². The first-order chi connectivity index (χ1) is 22.5. The summed E-state index contributed by atoms with van der Waals surface area (Å²) in [5.74, 6) is 7.34. The molecule has 10 nitrogen and oxygen atoms in total. The number of likely N-dealkylation sites (tertiary alicyclic amines) is 2. The van der Waals surface area contributed by atoms with Crippen LogP contribution in [0.5, 0.6) is 0 Å². The smallest absolute Gasteiger partial charge is 0.265 e. The van der Waals surface area contributed by atoms with Crippen molar-refractivity contribution >= 4 is 23.7 Å². The summed E-state index contributed by atoms with van der Waals surface area (Å²) in [7, 11) is 0. The highest BCUT2D eigenvalue weighted by Gasteiger charge is 2.45. The molecule has 1 aromatic rings. The molecule has 5 N–H and O–H groups in total. The largest absolute Gasteiger partial charge is 0.391 e. The topological polar surface area (TPSA) is 136 Å². The molecule has 2 heterocycles. The van der Waals surface area contributed by atoms with E-state index in [2.05, 4.69) is 39.9 Å². The van der Waals surface area contributed by atoms with Crippen LogP contribution < -0.4 is 16.7 Å². The first-order valence-electron chi connectivity index (χ1n) is 18.1. The molecule has 260 valence electrons. The van der Waals surface area contributed by atoms with Crippen LogP contribution in [0.1, 0.15) is 114 Å². The quantitative estimate of drug-likeness (QED) is 0.121. The van der Waals surface area contributed by atoms with Gasteiger partial charge in [-0.1, -0.05) is 39.8 Å². The molecular weight excluding hydrogens is 590 g/mol. The molecule has 2 amide bonds. The van der Waals surface area contributed by atoms with Crippen LogP contribution in [0, 0.1) is 22.7 Å². The minimum absolute atomic E-state index is 0.0262. The fourth-order valence-electron chi connectivity index (χ4n) is 8.33. The van der Waals surface area contributed by atoms with E-state index < -0.39 is 12.1 Å². The number of carbonyl (C=O) groups is 2. The number of aliphatic imine (C=N–C) groups is 1. The normalized spacial score (nSPS) is 26.4. The zero-order valence-corrected chi connectivity index (χ0v) is 29.2. The van der Waals surface area contributed by atoms with Crippen LogP contribution in [-0.2, 0) is 4.79 Å². The van der Waals surface area contributed by atoms with Gasteiger partial charge in [-0.05, 0) is 105 Å². The van der Waals surface area contributed by atoms with Crippen molar-refractivity contribution in [3.63, 3.8) is 0 Å². The molecule has 1 aromatic carbocycles. The predicted molar refractivity (Wildman–Crippen MR) is 188 cm³/mol. The van der Waals surface area contributed by atoms with Crippen LogP contribution in [0.4, 0.5) is 0 Å². The van der Waals surface area contributed by atoms with E-state index in [1.807, 2.05) is 32.9 Å². The maximum atomic E-state index is 13.3. The molecule has 4 fully saturated rings. The molecule has 47 heavy (non-hydrogen) atoms. The highest BCUT2D eigenvalue weighted by molar-refractivity contribution is 6.31. The Balaban J connectivity index is 1.03. The zero-order chi connectivity index (χ0) is 33.6. The third kappa shape index (κ3) is 9.00. The number of nitrogens with zero attached hydrogens (tertiary/aromatic N) is 4. The van der Waals surface area contributed by atoms with Gasteiger partial charge in [-0.15, -0.1) is 0 Å². The lowest BCUT2D eigenvalue weighted by molar-refractivity contribution is -0.134. The van der Waals surface area contributed by atoms with Crippen LogP contribution in [0.25, 0.3) is 0 Å². The van der Waals surface area contributed by atoms with Crippen molar-refractivity contribution in [2.75, 3.05) is 39.3 Å². The standard InChI is InChI=1S/C37H59N7O3/c1-5-19-40-42-34(46)30-12-10-27(11-13-30)28-14-17-37(18-15-28)24-43(25-37)22-26-6-8-29(9-7-26)32(41-38)21-39-33(36(2,3)4)35(47)44-20-16-31(45)23-44/h10-13,21,26,28-29,31,33,40,45H,5-9,14-20,22-25,38H2,1-4H3,(H,42,46)/b39-21?,41-32+.